The molecule has 106 valence electrons. The highest BCUT2D eigenvalue weighted by Crippen LogP contribution is 2.13. The van der Waals surface area contributed by atoms with Crippen LogP contribution in [0.15, 0.2) is 29.2 Å². The summed E-state index contributed by atoms with van der Waals surface area (Å²) in [6, 6.07) is 5.89. The highest BCUT2D eigenvalue weighted by atomic mass is 32.2. The van der Waals surface area contributed by atoms with Gasteiger partial charge in [0.15, 0.2) is 0 Å². The minimum absolute atomic E-state index is 0.126. The molecule has 1 aliphatic rings. The third-order valence-electron chi connectivity index (χ3n) is 2.78. The maximum Gasteiger partial charge on any atom is 0.240 e. The van der Waals surface area contributed by atoms with E-state index in [0.29, 0.717) is 12.1 Å². The van der Waals surface area contributed by atoms with E-state index >= 15 is 0 Å². The molecule has 7 heteroatoms. The van der Waals surface area contributed by atoms with E-state index in [0.717, 1.165) is 0 Å². The Kier molecular flexibility index (Phi) is 4.39. The van der Waals surface area contributed by atoms with Crippen molar-refractivity contribution in [2.45, 2.75) is 17.4 Å². The van der Waals surface area contributed by atoms with Crippen LogP contribution < -0.4 is 15.8 Å². The predicted molar refractivity (Wildman–Crippen MR) is 74.1 cm³/mol. The van der Waals surface area contributed by atoms with Gasteiger partial charge in [0, 0.05) is 24.6 Å². The number of nitrogens with one attached hydrogen (secondary N) is 2. The lowest BCUT2D eigenvalue weighted by molar-refractivity contribution is -0.119. The average Bonchev–Trinajstić information content (AvgIpc) is 2.81. The fourth-order valence-electron chi connectivity index (χ4n) is 1.87. The van der Waals surface area contributed by atoms with Crippen LogP contribution in [-0.4, -0.2) is 33.5 Å². The number of rotatable bonds is 3. The van der Waals surface area contributed by atoms with E-state index in [2.05, 4.69) is 21.9 Å². The predicted octanol–water partition coefficient (Wildman–Crippen LogP) is -0.836. The fourth-order valence-corrected chi connectivity index (χ4v) is 3.15. The average molecular weight is 293 g/mol. The molecule has 0 spiro atoms. The zero-order valence-corrected chi connectivity index (χ0v) is 11.5. The summed E-state index contributed by atoms with van der Waals surface area (Å²) < 4.78 is 26.9. The van der Waals surface area contributed by atoms with E-state index in [4.69, 9.17) is 5.73 Å². The lowest BCUT2D eigenvalue weighted by Gasteiger charge is -2.11. The van der Waals surface area contributed by atoms with Crippen LogP contribution in [0.2, 0.25) is 0 Å². The lowest BCUT2D eigenvalue weighted by atomic mass is 10.2. The number of carbonyl (C=O) groups excluding carboxylic acids is 1. The summed E-state index contributed by atoms with van der Waals surface area (Å²) in [5, 5.41) is 2.58. The SMILES string of the molecule is NCC#Cc1cccc(S(=O)(=O)NC2CNC(=O)C2)c1. The molecule has 1 aromatic carbocycles. The standard InChI is InChI=1S/C13H15N3O3S/c14-6-2-4-10-3-1-5-12(7-10)20(18,19)16-11-8-13(17)15-9-11/h1,3,5,7,11,16H,6,8-9,14H2,(H,15,17). The van der Waals surface area contributed by atoms with Crippen molar-refractivity contribution in [3.05, 3.63) is 29.8 Å². The number of hydrogen-bond donors (Lipinski definition) is 3. The van der Waals surface area contributed by atoms with Gasteiger partial charge >= 0.3 is 0 Å². The van der Waals surface area contributed by atoms with Gasteiger partial charge in [-0.05, 0) is 18.2 Å². The van der Waals surface area contributed by atoms with Gasteiger partial charge in [0.25, 0.3) is 0 Å². The molecule has 6 nitrogen and oxygen atoms in total. The van der Waals surface area contributed by atoms with Crippen LogP contribution in [0.25, 0.3) is 0 Å². The van der Waals surface area contributed by atoms with Crippen molar-refractivity contribution in [2.75, 3.05) is 13.1 Å². The van der Waals surface area contributed by atoms with Gasteiger partial charge in [-0.25, -0.2) is 13.1 Å². The van der Waals surface area contributed by atoms with E-state index in [9.17, 15) is 13.2 Å². The zero-order chi connectivity index (χ0) is 14.6. The summed E-state index contributed by atoms with van der Waals surface area (Å²) in [6.07, 6.45) is 0.159. The Morgan fingerprint density at radius 3 is 2.90 bits per heavy atom. The van der Waals surface area contributed by atoms with Crippen LogP contribution in [0.5, 0.6) is 0 Å². The molecule has 1 aromatic rings. The summed E-state index contributed by atoms with van der Waals surface area (Å²) in [4.78, 5) is 11.2. The second-order valence-corrected chi connectivity index (χ2v) is 6.07. The third kappa shape index (κ3) is 3.57. The molecule has 0 bridgehead atoms. The van der Waals surface area contributed by atoms with Gasteiger partial charge in [-0.3, -0.25) is 4.79 Å². The Bertz CT molecular complexity index is 674. The highest BCUT2D eigenvalue weighted by molar-refractivity contribution is 7.89. The first kappa shape index (κ1) is 14.5. The molecule has 2 rings (SSSR count). The number of carbonyl (C=O) groups is 1. The van der Waals surface area contributed by atoms with Crippen LogP contribution in [0.1, 0.15) is 12.0 Å². The van der Waals surface area contributed by atoms with Gasteiger partial charge in [0.2, 0.25) is 15.9 Å². The van der Waals surface area contributed by atoms with Gasteiger partial charge < -0.3 is 11.1 Å². The van der Waals surface area contributed by atoms with Crippen molar-refractivity contribution < 1.29 is 13.2 Å². The number of sulfonamides is 1. The molecule has 0 aliphatic carbocycles. The minimum Gasteiger partial charge on any atom is -0.354 e. The maximum atomic E-state index is 12.2. The van der Waals surface area contributed by atoms with Crippen molar-refractivity contribution in [1.82, 2.24) is 10.0 Å². The normalized spacial score (nSPS) is 18.2. The second kappa shape index (κ2) is 6.05. The number of amides is 1. The Labute approximate surface area is 117 Å². The van der Waals surface area contributed by atoms with E-state index < -0.39 is 16.1 Å². The molecule has 1 saturated heterocycles. The van der Waals surface area contributed by atoms with Crippen molar-refractivity contribution in [3.63, 3.8) is 0 Å². The van der Waals surface area contributed by atoms with Crippen LogP contribution in [-0.2, 0) is 14.8 Å². The molecule has 4 N–H and O–H groups in total. The Morgan fingerprint density at radius 2 is 2.25 bits per heavy atom. The zero-order valence-electron chi connectivity index (χ0n) is 10.7. The van der Waals surface area contributed by atoms with Crippen molar-refractivity contribution in [1.29, 1.82) is 0 Å². The molecular formula is C13H15N3O3S. The van der Waals surface area contributed by atoms with Gasteiger partial charge in [0.05, 0.1) is 11.4 Å². The summed E-state index contributed by atoms with van der Waals surface area (Å²) in [7, 11) is -3.66. The monoisotopic (exact) mass is 293 g/mol. The molecule has 1 atom stereocenters. The Morgan fingerprint density at radius 1 is 1.45 bits per heavy atom. The lowest BCUT2D eigenvalue weighted by Crippen LogP contribution is -2.36. The number of hydrogen-bond acceptors (Lipinski definition) is 4. The highest BCUT2D eigenvalue weighted by Gasteiger charge is 2.26. The first-order valence-corrected chi connectivity index (χ1v) is 7.57. The molecule has 1 aliphatic heterocycles. The van der Waals surface area contributed by atoms with E-state index in [1.54, 1.807) is 12.1 Å². The summed E-state index contributed by atoms with van der Waals surface area (Å²) in [5.74, 6) is 5.30. The van der Waals surface area contributed by atoms with Gasteiger partial charge in [-0.1, -0.05) is 17.9 Å². The smallest absolute Gasteiger partial charge is 0.240 e. The van der Waals surface area contributed by atoms with Crippen molar-refractivity contribution in [3.8, 4) is 11.8 Å². The minimum atomic E-state index is -3.66. The quantitative estimate of drug-likeness (QED) is 0.633. The molecular weight excluding hydrogens is 278 g/mol. The van der Waals surface area contributed by atoms with Gasteiger partial charge in [-0.15, -0.1) is 0 Å². The van der Waals surface area contributed by atoms with Crippen molar-refractivity contribution in [2.24, 2.45) is 5.73 Å². The van der Waals surface area contributed by atoms with E-state index in [-0.39, 0.29) is 23.8 Å². The van der Waals surface area contributed by atoms with Crippen LogP contribution >= 0.6 is 0 Å². The Balaban J connectivity index is 2.18. The van der Waals surface area contributed by atoms with Gasteiger partial charge in [0.1, 0.15) is 0 Å². The molecule has 1 amide bonds. The largest absolute Gasteiger partial charge is 0.354 e. The van der Waals surface area contributed by atoms with Crippen LogP contribution in [0.3, 0.4) is 0 Å². The Hall–Kier alpha value is -1.88. The molecule has 1 heterocycles. The fraction of sp³-hybridized carbons (Fsp3) is 0.308. The summed E-state index contributed by atoms with van der Waals surface area (Å²) >= 11 is 0. The van der Waals surface area contributed by atoms with Gasteiger partial charge in [-0.2, -0.15) is 0 Å². The molecule has 0 radical (unpaired) electrons. The topological polar surface area (TPSA) is 101 Å². The third-order valence-corrected chi connectivity index (χ3v) is 4.30. The summed E-state index contributed by atoms with van der Waals surface area (Å²) in [5.41, 5.74) is 5.86. The molecule has 1 unspecified atom stereocenters. The van der Waals surface area contributed by atoms with Crippen LogP contribution in [0, 0.1) is 11.8 Å². The summed E-state index contributed by atoms with van der Waals surface area (Å²) in [6.45, 7) is 0.524. The molecule has 20 heavy (non-hydrogen) atoms. The first-order chi connectivity index (χ1) is 9.51. The molecule has 1 fully saturated rings. The molecule has 0 saturated carbocycles. The number of benzene rings is 1. The van der Waals surface area contributed by atoms with Crippen LogP contribution in [0.4, 0.5) is 0 Å². The van der Waals surface area contributed by atoms with E-state index in [1.165, 1.54) is 12.1 Å². The molecule has 0 aromatic heterocycles. The van der Waals surface area contributed by atoms with Crippen molar-refractivity contribution >= 4 is 15.9 Å². The second-order valence-electron chi connectivity index (χ2n) is 4.36. The first-order valence-electron chi connectivity index (χ1n) is 6.09. The van der Waals surface area contributed by atoms with E-state index in [1.807, 2.05) is 0 Å². The number of nitrogens with two attached hydrogens (primary N) is 1. The maximum absolute atomic E-state index is 12.2.